The average molecular weight is 350 g/mol. The Labute approximate surface area is 137 Å². The fourth-order valence-corrected chi connectivity index (χ4v) is 2.64. The molecule has 0 aromatic rings. The molecule has 136 valence electrons. The second-order valence-electron chi connectivity index (χ2n) is 6.69. The summed E-state index contributed by atoms with van der Waals surface area (Å²) in [6.45, 7) is 0. The number of aliphatic carboxylic acids is 1. The molecular formula is C15H21F3N2O4. The summed E-state index contributed by atoms with van der Waals surface area (Å²) in [5.41, 5.74) is 0. The van der Waals surface area contributed by atoms with Crippen molar-refractivity contribution in [1.82, 2.24) is 10.2 Å². The molecule has 2 saturated carbocycles. The van der Waals surface area contributed by atoms with Crippen molar-refractivity contribution in [2.45, 2.75) is 56.8 Å². The van der Waals surface area contributed by atoms with Gasteiger partial charge in [0.2, 0.25) is 5.91 Å². The molecule has 0 saturated heterocycles. The summed E-state index contributed by atoms with van der Waals surface area (Å²) in [5.74, 6) is -3.83. The number of amides is 2. The highest BCUT2D eigenvalue weighted by Crippen LogP contribution is 2.36. The number of nitrogens with zero attached hydrogens (tertiary/aromatic N) is 1. The monoisotopic (exact) mass is 350 g/mol. The van der Waals surface area contributed by atoms with Gasteiger partial charge in [0.05, 0.1) is 0 Å². The molecule has 0 aromatic carbocycles. The zero-order valence-electron chi connectivity index (χ0n) is 13.3. The molecule has 2 amide bonds. The van der Waals surface area contributed by atoms with Gasteiger partial charge in [-0.05, 0) is 24.7 Å². The van der Waals surface area contributed by atoms with Gasteiger partial charge in [0, 0.05) is 7.05 Å². The van der Waals surface area contributed by atoms with Crippen LogP contribution in [0.5, 0.6) is 0 Å². The third-order valence-corrected chi connectivity index (χ3v) is 4.48. The first-order valence-corrected chi connectivity index (χ1v) is 7.96. The van der Waals surface area contributed by atoms with E-state index in [0.29, 0.717) is 0 Å². The van der Waals surface area contributed by atoms with E-state index in [4.69, 9.17) is 0 Å². The van der Waals surface area contributed by atoms with Crippen molar-refractivity contribution >= 4 is 17.8 Å². The molecule has 2 fully saturated rings. The first kappa shape index (κ1) is 18.5. The van der Waals surface area contributed by atoms with E-state index < -0.39 is 36.0 Å². The molecule has 2 aliphatic rings. The van der Waals surface area contributed by atoms with Crippen LogP contribution in [0.1, 0.15) is 38.5 Å². The van der Waals surface area contributed by atoms with Crippen LogP contribution >= 0.6 is 0 Å². The maximum atomic E-state index is 12.5. The quantitative estimate of drug-likeness (QED) is 0.695. The van der Waals surface area contributed by atoms with Crippen LogP contribution in [0.2, 0.25) is 0 Å². The number of hydrogen-bond acceptors (Lipinski definition) is 3. The number of hydrogen-bond donors (Lipinski definition) is 2. The van der Waals surface area contributed by atoms with Gasteiger partial charge in [0.15, 0.2) is 0 Å². The molecule has 0 bridgehead atoms. The first-order chi connectivity index (χ1) is 11.1. The third-order valence-electron chi connectivity index (χ3n) is 4.48. The highest BCUT2D eigenvalue weighted by atomic mass is 19.4. The van der Waals surface area contributed by atoms with Gasteiger partial charge in [-0.25, -0.2) is 4.79 Å². The van der Waals surface area contributed by atoms with E-state index in [2.05, 4.69) is 0 Å². The van der Waals surface area contributed by atoms with Gasteiger partial charge in [0.1, 0.15) is 12.1 Å². The predicted molar refractivity (Wildman–Crippen MR) is 76.9 cm³/mol. The van der Waals surface area contributed by atoms with Gasteiger partial charge in [-0.15, -0.1) is 0 Å². The zero-order chi connectivity index (χ0) is 18.1. The minimum atomic E-state index is -5.08. The minimum absolute atomic E-state index is 0.0904. The van der Waals surface area contributed by atoms with Crippen molar-refractivity contribution in [1.29, 1.82) is 0 Å². The lowest BCUT2D eigenvalue weighted by molar-refractivity contribution is -0.175. The Morgan fingerprint density at radius 2 is 1.62 bits per heavy atom. The van der Waals surface area contributed by atoms with Gasteiger partial charge >= 0.3 is 18.1 Å². The van der Waals surface area contributed by atoms with E-state index in [1.54, 1.807) is 5.32 Å². The Morgan fingerprint density at radius 3 is 2.04 bits per heavy atom. The summed E-state index contributed by atoms with van der Waals surface area (Å²) in [7, 11) is 1.27. The molecule has 0 heterocycles. The Balaban J connectivity index is 2.06. The number of halogens is 3. The lowest BCUT2D eigenvalue weighted by Crippen LogP contribution is -2.54. The molecule has 0 aromatic heterocycles. The van der Waals surface area contributed by atoms with E-state index in [1.807, 2.05) is 0 Å². The molecule has 2 unspecified atom stereocenters. The van der Waals surface area contributed by atoms with Crippen LogP contribution in [-0.4, -0.2) is 53.1 Å². The van der Waals surface area contributed by atoms with Gasteiger partial charge < -0.3 is 15.3 Å². The molecule has 2 aliphatic carbocycles. The van der Waals surface area contributed by atoms with Crippen molar-refractivity contribution in [3.05, 3.63) is 0 Å². The van der Waals surface area contributed by atoms with Gasteiger partial charge in [-0.3, -0.25) is 9.59 Å². The Morgan fingerprint density at radius 1 is 1.12 bits per heavy atom. The molecule has 2 N–H and O–H groups in total. The topological polar surface area (TPSA) is 86.7 Å². The summed E-state index contributed by atoms with van der Waals surface area (Å²) < 4.78 is 37.4. The standard InChI is InChI=1S/C15H21F3N2O4/c1-20(11(13(22)23)7-9-4-5-9)12(21)10(6-8-2-3-8)19-14(24)15(16,17)18/h8-11H,2-7H2,1H3,(H,19,24)(H,22,23). The van der Waals surface area contributed by atoms with Crippen LogP contribution in [0, 0.1) is 11.8 Å². The Hall–Kier alpha value is -1.80. The van der Waals surface area contributed by atoms with Crippen LogP contribution in [0.3, 0.4) is 0 Å². The van der Waals surface area contributed by atoms with Crippen LogP contribution in [0.4, 0.5) is 13.2 Å². The average Bonchev–Trinajstić information content (AvgIpc) is 3.35. The molecule has 2 atom stereocenters. The number of likely N-dealkylation sites (N-methyl/N-ethyl adjacent to an activating group) is 1. The number of alkyl halides is 3. The second-order valence-corrected chi connectivity index (χ2v) is 6.69. The molecule has 0 aliphatic heterocycles. The Bertz CT molecular complexity index is 515. The largest absolute Gasteiger partial charge is 0.480 e. The van der Waals surface area contributed by atoms with Crippen LogP contribution in [-0.2, 0) is 14.4 Å². The van der Waals surface area contributed by atoms with Gasteiger partial charge in [-0.2, -0.15) is 13.2 Å². The molecule has 2 rings (SSSR count). The number of carboxylic acid groups (broad SMARTS) is 1. The van der Waals surface area contributed by atoms with Gasteiger partial charge in [-0.1, -0.05) is 25.7 Å². The van der Waals surface area contributed by atoms with Crippen LogP contribution in [0.25, 0.3) is 0 Å². The fraction of sp³-hybridized carbons (Fsp3) is 0.800. The maximum Gasteiger partial charge on any atom is 0.471 e. The summed E-state index contributed by atoms with van der Waals surface area (Å²) >= 11 is 0. The first-order valence-electron chi connectivity index (χ1n) is 7.96. The summed E-state index contributed by atoms with van der Waals surface area (Å²) in [4.78, 5) is 36.0. The minimum Gasteiger partial charge on any atom is -0.480 e. The summed E-state index contributed by atoms with van der Waals surface area (Å²) in [6.07, 6.45) is -1.34. The maximum absolute atomic E-state index is 12.5. The predicted octanol–water partition coefficient (Wildman–Crippen LogP) is 1.55. The molecule has 9 heteroatoms. The normalized spacial score (nSPS) is 20.2. The lowest BCUT2D eigenvalue weighted by atomic mass is 10.0. The molecule has 0 radical (unpaired) electrons. The van der Waals surface area contributed by atoms with E-state index in [-0.39, 0.29) is 24.7 Å². The summed E-state index contributed by atoms with van der Waals surface area (Å²) in [5, 5.41) is 11.0. The number of carbonyl (C=O) groups excluding carboxylic acids is 2. The smallest absolute Gasteiger partial charge is 0.471 e. The highest BCUT2D eigenvalue weighted by Gasteiger charge is 2.43. The Kier molecular flexibility index (Phi) is 5.39. The summed E-state index contributed by atoms with van der Waals surface area (Å²) in [6, 6.07) is -2.44. The lowest BCUT2D eigenvalue weighted by Gasteiger charge is -2.29. The van der Waals surface area contributed by atoms with Gasteiger partial charge in [0.25, 0.3) is 0 Å². The number of rotatable bonds is 8. The van der Waals surface area contributed by atoms with Crippen LogP contribution in [0.15, 0.2) is 0 Å². The SMILES string of the molecule is CN(C(=O)C(CC1CC1)NC(=O)C(F)(F)F)C(CC1CC1)C(=O)O. The molecule has 0 spiro atoms. The second kappa shape index (κ2) is 6.98. The van der Waals surface area contributed by atoms with E-state index in [1.165, 1.54) is 7.05 Å². The van der Waals surface area contributed by atoms with Crippen molar-refractivity contribution < 1.29 is 32.7 Å². The number of nitrogens with one attached hydrogen (secondary N) is 1. The molecular weight excluding hydrogens is 329 g/mol. The number of carboxylic acids is 1. The zero-order valence-corrected chi connectivity index (χ0v) is 13.3. The number of carbonyl (C=O) groups is 3. The molecule has 6 nitrogen and oxygen atoms in total. The molecule has 24 heavy (non-hydrogen) atoms. The van der Waals surface area contributed by atoms with E-state index in [0.717, 1.165) is 30.6 Å². The van der Waals surface area contributed by atoms with Crippen molar-refractivity contribution in [3.8, 4) is 0 Å². The van der Waals surface area contributed by atoms with E-state index in [9.17, 15) is 32.7 Å². The third kappa shape index (κ3) is 5.10. The van der Waals surface area contributed by atoms with Crippen LogP contribution < -0.4 is 5.32 Å². The van der Waals surface area contributed by atoms with Crippen molar-refractivity contribution in [3.63, 3.8) is 0 Å². The van der Waals surface area contributed by atoms with Crippen molar-refractivity contribution in [2.24, 2.45) is 11.8 Å². The fourth-order valence-electron chi connectivity index (χ4n) is 2.64. The highest BCUT2D eigenvalue weighted by molar-refractivity contribution is 5.91. The van der Waals surface area contributed by atoms with E-state index >= 15 is 0 Å². The van der Waals surface area contributed by atoms with Crippen molar-refractivity contribution in [2.75, 3.05) is 7.05 Å².